The number of hydrogen-bond donors (Lipinski definition) is 0. The van der Waals surface area contributed by atoms with Crippen LogP contribution in [0, 0.1) is 5.82 Å². The van der Waals surface area contributed by atoms with Gasteiger partial charge in [-0.2, -0.15) is 0 Å². The van der Waals surface area contributed by atoms with Crippen LogP contribution in [0.1, 0.15) is 68.2 Å². The van der Waals surface area contributed by atoms with Crippen LogP contribution in [-0.2, 0) is 6.54 Å². The van der Waals surface area contributed by atoms with Crippen LogP contribution in [0.4, 0.5) is 4.39 Å². The summed E-state index contributed by atoms with van der Waals surface area (Å²) < 4.78 is 16.9. The molecule has 0 fully saturated rings. The maximum atomic E-state index is 15.0. The molecule has 1 heterocycles. The van der Waals surface area contributed by atoms with E-state index in [2.05, 4.69) is 15.8 Å². The molecule has 0 aliphatic heterocycles. The molecule has 34 heavy (non-hydrogen) atoms. The molecule has 0 N–H and O–H groups in total. The van der Waals surface area contributed by atoms with Gasteiger partial charge in [-0.25, -0.2) is 4.39 Å². The summed E-state index contributed by atoms with van der Waals surface area (Å²) in [7, 11) is 2.69. The first-order valence-corrected chi connectivity index (χ1v) is 12.1. The molecular formula is C29H33FNO2P. The summed E-state index contributed by atoms with van der Waals surface area (Å²) >= 11 is 0. The lowest BCUT2D eigenvalue weighted by Gasteiger charge is -2.21. The van der Waals surface area contributed by atoms with Crippen LogP contribution in [0.3, 0.4) is 0 Å². The highest BCUT2D eigenvalue weighted by Crippen LogP contribution is 2.37. The Morgan fingerprint density at radius 1 is 1.00 bits per heavy atom. The summed E-state index contributed by atoms with van der Waals surface area (Å²) in [6.45, 7) is 14.2. The lowest BCUT2D eigenvalue weighted by atomic mass is 9.88. The van der Waals surface area contributed by atoms with E-state index in [1.807, 2.05) is 56.5 Å². The molecule has 0 amide bonds. The van der Waals surface area contributed by atoms with E-state index in [0.717, 1.165) is 17.3 Å². The smallest absolute Gasteiger partial charge is 0.192 e. The largest absolute Gasteiger partial charge is 0.347 e. The van der Waals surface area contributed by atoms with Crippen LogP contribution >= 0.6 is 9.24 Å². The Kier molecular flexibility index (Phi) is 9.89. The van der Waals surface area contributed by atoms with Gasteiger partial charge in [0.2, 0.25) is 0 Å². The number of aromatic nitrogens is 1. The molecule has 0 bridgehead atoms. The van der Waals surface area contributed by atoms with Gasteiger partial charge in [0.25, 0.3) is 0 Å². The summed E-state index contributed by atoms with van der Waals surface area (Å²) in [4.78, 5) is 24.6. The van der Waals surface area contributed by atoms with E-state index in [0.29, 0.717) is 34.5 Å². The minimum atomic E-state index is -0.367. The Morgan fingerprint density at radius 2 is 1.59 bits per heavy atom. The zero-order valence-corrected chi connectivity index (χ0v) is 21.8. The minimum absolute atomic E-state index is 0.150. The predicted octanol–water partition coefficient (Wildman–Crippen LogP) is 6.77. The molecule has 0 aliphatic rings. The summed E-state index contributed by atoms with van der Waals surface area (Å²) in [5.41, 5.74) is 3.73. The molecule has 3 rings (SSSR count). The number of carbonyl (C=O) groups is 1. The molecule has 2 aromatic carbocycles. The molecular weight excluding hydrogens is 444 g/mol. The molecule has 0 radical (unpaired) electrons. The number of rotatable bonds is 7. The summed E-state index contributed by atoms with van der Waals surface area (Å²) in [5, 5.41) is 0.942. The third-order valence-corrected chi connectivity index (χ3v) is 5.96. The van der Waals surface area contributed by atoms with E-state index in [1.165, 1.54) is 19.1 Å². The van der Waals surface area contributed by atoms with Gasteiger partial charge in [-0.15, -0.1) is 9.24 Å². The molecule has 1 unspecified atom stereocenters. The lowest BCUT2D eigenvalue weighted by molar-refractivity contribution is 0.101. The molecule has 0 saturated heterocycles. The van der Waals surface area contributed by atoms with Gasteiger partial charge in [-0.1, -0.05) is 69.8 Å². The third kappa shape index (κ3) is 5.87. The number of aryl methyl sites for hydroxylation is 1. The molecule has 3 aromatic rings. The second kappa shape index (κ2) is 12.4. The standard InChI is InChI=1S/C27H27FNO2P.C2H6/c1-5-14-29-16-22(19(4)30)25(31)15-24(29)18(3)27(21-11-6-8-12-23(21)28)17(2)20-10-7-9-13-26(20)32;1-2/h6-13,15-16H,2,5,14,32H2,1,3-4H3;1-2H3/b27-18-;. The van der Waals surface area contributed by atoms with Gasteiger partial charge in [0.05, 0.1) is 5.56 Å². The molecule has 1 aromatic heterocycles. The second-order valence-corrected chi connectivity index (χ2v) is 8.35. The number of allylic oxidation sites excluding steroid dienone is 3. The first kappa shape index (κ1) is 27.1. The van der Waals surface area contributed by atoms with Gasteiger partial charge in [-0.05, 0) is 53.9 Å². The highest BCUT2D eigenvalue weighted by molar-refractivity contribution is 7.27. The highest BCUT2D eigenvalue weighted by atomic mass is 31.0. The van der Waals surface area contributed by atoms with Crippen molar-refractivity contribution in [2.24, 2.45) is 0 Å². The van der Waals surface area contributed by atoms with E-state index >= 15 is 0 Å². The average molecular weight is 478 g/mol. The number of Topliss-reactive ketones (excluding diaryl/α,β-unsaturated/α-hetero) is 1. The van der Waals surface area contributed by atoms with Gasteiger partial charge in [0.1, 0.15) is 5.82 Å². The van der Waals surface area contributed by atoms with Crippen LogP contribution in [0.15, 0.2) is 72.2 Å². The molecule has 0 spiro atoms. The van der Waals surface area contributed by atoms with Crippen molar-refractivity contribution < 1.29 is 9.18 Å². The van der Waals surface area contributed by atoms with Crippen LogP contribution < -0.4 is 10.7 Å². The number of carbonyl (C=O) groups excluding carboxylic acids is 1. The highest BCUT2D eigenvalue weighted by Gasteiger charge is 2.20. The van der Waals surface area contributed by atoms with Crippen LogP contribution in [0.25, 0.3) is 16.7 Å². The molecule has 5 heteroatoms. The predicted molar refractivity (Wildman–Crippen MR) is 146 cm³/mol. The maximum Gasteiger partial charge on any atom is 0.192 e. The number of hydrogen-bond acceptors (Lipinski definition) is 2. The fraction of sp³-hybridized carbons (Fsp3) is 0.241. The van der Waals surface area contributed by atoms with Crippen molar-refractivity contribution in [1.29, 1.82) is 0 Å². The van der Waals surface area contributed by atoms with E-state index in [-0.39, 0.29) is 22.6 Å². The van der Waals surface area contributed by atoms with Crippen LogP contribution in [-0.4, -0.2) is 10.4 Å². The fourth-order valence-electron chi connectivity index (χ4n) is 3.88. The van der Waals surface area contributed by atoms with Crippen molar-refractivity contribution in [1.82, 2.24) is 4.57 Å². The second-order valence-electron chi connectivity index (χ2n) is 7.73. The van der Waals surface area contributed by atoms with Gasteiger partial charge in [0.15, 0.2) is 11.2 Å². The molecule has 178 valence electrons. The Bertz CT molecular complexity index is 1290. The summed E-state index contributed by atoms with van der Waals surface area (Å²) in [5.74, 6) is -0.641. The van der Waals surface area contributed by atoms with Crippen molar-refractivity contribution in [3.63, 3.8) is 0 Å². The molecule has 0 saturated carbocycles. The van der Waals surface area contributed by atoms with Gasteiger partial charge >= 0.3 is 0 Å². The summed E-state index contributed by atoms with van der Waals surface area (Å²) in [6.07, 6.45) is 2.42. The van der Waals surface area contributed by atoms with E-state index in [4.69, 9.17) is 0 Å². The monoisotopic (exact) mass is 477 g/mol. The number of halogens is 1. The van der Waals surface area contributed by atoms with Crippen molar-refractivity contribution in [2.45, 2.75) is 47.6 Å². The minimum Gasteiger partial charge on any atom is -0.347 e. The van der Waals surface area contributed by atoms with Gasteiger partial charge in [-0.3, -0.25) is 9.59 Å². The number of benzene rings is 2. The quantitative estimate of drug-likeness (QED) is 0.214. The zero-order chi connectivity index (χ0) is 25.4. The fourth-order valence-corrected chi connectivity index (χ4v) is 4.26. The van der Waals surface area contributed by atoms with Crippen LogP contribution in [0.2, 0.25) is 0 Å². The molecule has 0 aliphatic carbocycles. The Labute approximate surface area is 204 Å². The van der Waals surface area contributed by atoms with Crippen molar-refractivity contribution >= 4 is 37.0 Å². The van der Waals surface area contributed by atoms with Crippen LogP contribution in [0.5, 0.6) is 0 Å². The zero-order valence-electron chi connectivity index (χ0n) is 20.6. The normalized spacial score (nSPS) is 11.3. The van der Waals surface area contributed by atoms with Crippen molar-refractivity contribution in [2.75, 3.05) is 0 Å². The molecule has 3 nitrogen and oxygen atoms in total. The SMILES string of the molecule is C=C(/C(=C(\C)c1cc(=O)c(C(C)=O)cn1CCC)c1ccccc1F)c1ccccc1P.CC. The molecule has 1 atom stereocenters. The number of ketones is 1. The van der Waals surface area contributed by atoms with Gasteiger partial charge in [0, 0.05) is 30.1 Å². The third-order valence-electron chi connectivity index (χ3n) is 5.46. The van der Waals surface area contributed by atoms with E-state index in [9.17, 15) is 14.0 Å². The first-order valence-electron chi connectivity index (χ1n) is 11.5. The van der Waals surface area contributed by atoms with Crippen molar-refractivity contribution in [3.8, 4) is 0 Å². The maximum absolute atomic E-state index is 15.0. The van der Waals surface area contributed by atoms with E-state index in [1.54, 1.807) is 24.4 Å². The average Bonchev–Trinajstić information content (AvgIpc) is 2.82. The number of pyridine rings is 1. The number of nitrogens with zero attached hydrogens (tertiary/aromatic N) is 1. The Hall–Kier alpha value is -3.10. The topological polar surface area (TPSA) is 39.1 Å². The Balaban J connectivity index is 0.00000199. The van der Waals surface area contributed by atoms with E-state index < -0.39 is 0 Å². The first-order chi connectivity index (χ1) is 16.3. The Morgan fingerprint density at radius 3 is 2.15 bits per heavy atom. The summed E-state index contributed by atoms with van der Waals surface area (Å²) in [6, 6.07) is 15.8. The lowest BCUT2D eigenvalue weighted by Crippen LogP contribution is -2.19. The van der Waals surface area contributed by atoms with Crippen molar-refractivity contribution in [3.05, 3.63) is 106 Å². The van der Waals surface area contributed by atoms with Gasteiger partial charge < -0.3 is 4.57 Å².